The van der Waals surface area contributed by atoms with E-state index in [1.54, 1.807) is 31.3 Å². The first-order valence-electron chi connectivity index (χ1n) is 6.38. The van der Waals surface area contributed by atoms with E-state index in [0.717, 1.165) is 5.56 Å². The van der Waals surface area contributed by atoms with Crippen molar-refractivity contribution in [1.29, 1.82) is 0 Å². The van der Waals surface area contributed by atoms with Gasteiger partial charge >= 0.3 is 0 Å². The molecular formula is C14H17NO4S. The molecule has 20 heavy (non-hydrogen) atoms. The topological polar surface area (TPSA) is 65.5 Å². The smallest absolute Gasteiger partial charge is 0.293 e. The van der Waals surface area contributed by atoms with Gasteiger partial charge in [0.1, 0.15) is 0 Å². The molecule has 0 saturated carbocycles. The summed E-state index contributed by atoms with van der Waals surface area (Å²) in [7, 11) is -2.14. The molecule has 0 N–H and O–H groups in total. The summed E-state index contributed by atoms with van der Waals surface area (Å²) in [5.41, 5.74) is 1.37. The molecule has 1 aromatic rings. The number of rotatable bonds is 5. The first-order chi connectivity index (χ1) is 9.58. The zero-order valence-corrected chi connectivity index (χ0v) is 12.3. The molecule has 0 amide bonds. The Bertz CT molecular complexity index is 630. The highest BCUT2D eigenvalue weighted by atomic mass is 32.2. The van der Waals surface area contributed by atoms with Gasteiger partial charge in [0.15, 0.2) is 0 Å². The minimum absolute atomic E-state index is 0.129. The highest BCUT2D eigenvalue weighted by Crippen LogP contribution is 2.32. The highest BCUT2D eigenvalue weighted by Gasteiger charge is 2.24. The number of aromatic nitrogens is 1. The quantitative estimate of drug-likeness (QED) is 0.781. The van der Waals surface area contributed by atoms with Gasteiger partial charge in [-0.1, -0.05) is 12.2 Å². The molecule has 0 fully saturated rings. The van der Waals surface area contributed by atoms with E-state index in [9.17, 15) is 8.42 Å². The van der Waals surface area contributed by atoms with E-state index in [0.29, 0.717) is 29.2 Å². The molecular weight excluding hydrogens is 278 g/mol. The third-order valence-corrected chi connectivity index (χ3v) is 4.53. The van der Waals surface area contributed by atoms with Gasteiger partial charge in [-0.25, -0.2) is 4.98 Å². The number of methoxy groups -OCH3 is 1. The Morgan fingerprint density at radius 1 is 1.35 bits per heavy atom. The molecule has 1 aliphatic carbocycles. The fraction of sp³-hybridized carbons (Fsp3) is 0.357. The Balaban J connectivity index is 2.48. The van der Waals surface area contributed by atoms with E-state index in [4.69, 9.17) is 8.92 Å². The molecule has 0 aliphatic heterocycles. The van der Waals surface area contributed by atoms with Gasteiger partial charge in [0.2, 0.25) is 5.88 Å². The van der Waals surface area contributed by atoms with E-state index in [2.05, 4.69) is 4.98 Å². The number of nitrogens with zero attached hydrogens (tertiary/aromatic N) is 1. The van der Waals surface area contributed by atoms with Crippen LogP contribution < -0.4 is 4.74 Å². The highest BCUT2D eigenvalue weighted by molar-refractivity contribution is 7.90. The lowest BCUT2D eigenvalue weighted by Gasteiger charge is -2.16. The summed E-state index contributed by atoms with van der Waals surface area (Å²) in [6.07, 6.45) is 6.49. The Kier molecular flexibility index (Phi) is 4.57. The molecule has 0 unspecified atom stereocenters. The van der Waals surface area contributed by atoms with Crippen LogP contribution in [-0.4, -0.2) is 27.1 Å². The Hall–Kier alpha value is -1.66. The number of pyridine rings is 1. The van der Waals surface area contributed by atoms with Crippen LogP contribution in [-0.2, 0) is 14.3 Å². The summed E-state index contributed by atoms with van der Waals surface area (Å²) < 4.78 is 34.2. The Labute approximate surface area is 119 Å². The fourth-order valence-corrected chi connectivity index (χ4v) is 3.32. The SMILES string of the molecule is CCOS(=O)(=O)C1=C(c2ccc(OC)nc2)C=CCC1. The first-order valence-corrected chi connectivity index (χ1v) is 7.79. The normalized spacial score (nSPS) is 15.5. The van der Waals surface area contributed by atoms with Crippen molar-refractivity contribution in [2.45, 2.75) is 19.8 Å². The van der Waals surface area contributed by atoms with Crippen molar-refractivity contribution < 1.29 is 17.3 Å². The van der Waals surface area contributed by atoms with E-state index < -0.39 is 10.1 Å². The van der Waals surface area contributed by atoms with E-state index in [1.807, 2.05) is 6.08 Å². The van der Waals surface area contributed by atoms with Crippen LogP contribution in [0.15, 0.2) is 35.4 Å². The number of ether oxygens (including phenoxy) is 1. The number of allylic oxidation sites excluding steroid dienone is 4. The summed E-state index contributed by atoms with van der Waals surface area (Å²) in [6.45, 7) is 1.79. The lowest BCUT2D eigenvalue weighted by molar-refractivity contribution is 0.342. The van der Waals surface area contributed by atoms with Gasteiger partial charge in [0, 0.05) is 17.8 Å². The van der Waals surface area contributed by atoms with Crippen molar-refractivity contribution in [3.8, 4) is 5.88 Å². The summed E-state index contributed by atoms with van der Waals surface area (Å²) in [6, 6.07) is 3.49. The molecule has 0 radical (unpaired) electrons. The molecule has 2 rings (SSSR count). The molecule has 108 valence electrons. The van der Waals surface area contributed by atoms with Crippen LogP contribution in [0, 0.1) is 0 Å². The predicted molar refractivity (Wildman–Crippen MR) is 76.6 cm³/mol. The van der Waals surface area contributed by atoms with Crippen LogP contribution in [0.5, 0.6) is 5.88 Å². The Morgan fingerprint density at radius 2 is 2.15 bits per heavy atom. The molecule has 0 bridgehead atoms. The molecule has 0 saturated heterocycles. The van der Waals surface area contributed by atoms with Crippen LogP contribution in [0.1, 0.15) is 25.3 Å². The molecule has 0 aromatic carbocycles. The Morgan fingerprint density at radius 3 is 2.75 bits per heavy atom. The summed E-state index contributed by atoms with van der Waals surface area (Å²) in [5.74, 6) is 0.489. The van der Waals surface area contributed by atoms with E-state index >= 15 is 0 Å². The standard InChI is InChI=1S/C14H17NO4S/c1-3-19-20(16,17)13-7-5-4-6-12(13)11-8-9-14(18-2)15-10-11/h4,6,8-10H,3,5,7H2,1-2H3. The van der Waals surface area contributed by atoms with Crippen LogP contribution in [0.4, 0.5) is 0 Å². The second-order valence-electron chi connectivity index (χ2n) is 4.23. The van der Waals surface area contributed by atoms with E-state index in [-0.39, 0.29) is 6.61 Å². The van der Waals surface area contributed by atoms with Gasteiger partial charge in [-0.05, 0) is 31.4 Å². The van der Waals surface area contributed by atoms with Crippen molar-refractivity contribution in [1.82, 2.24) is 4.98 Å². The predicted octanol–water partition coefficient (Wildman–Crippen LogP) is 2.52. The van der Waals surface area contributed by atoms with Crippen molar-refractivity contribution in [2.24, 2.45) is 0 Å². The van der Waals surface area contributed by atoms with Gasteiger partial charge in [0.05, 0.1) is 18.6 Å². The molecule has 0 atom stereocenters. The average Bonchev–Trinajstić information content (AvgIpc) is 2.47. The minimum atomic E-state index is -3.68. The van der Waals surface area contributed by atoms with Gasteiger partial charge in [-0.2, -0.15) is 8.42 Å². The molecule has 1 heterocycles. The van der Waals surface area contributed by atoms with Gasteiger partial charge < -0.3 is 4.74 Å². The summed E-state index contributed by atoms with van der Waals surface area (Å²) in [5, 5.41) is 0. The van der Waals surface area contributed by atoms with Crippen molar-refractivity contribution in [3.63, 3.8) is 0 Å². The lowest BCUT2D eigenvalue weighted by Crippen LogP contribution is -2.12. The molecule has 1 aromatic heterocycles. The number of hydrogen-bond acceptors (Lipinski definition) is 5. The average molecular weight is 295 g/mol. The minimum Gasteiger partial charge on any atom is -0.481 e. The summed E-state index contributed by atoms with van der Waals surface area (Å²) >= 11 is 0. The third kappa shape index (κ3) is 3.08. The van der Waals surface area contributed by atoms with Gasteiger partial charge in [0.25, 0.3) is 10.1 Å². The van der Waals surface area contributed by atoms with Gasteiger partial charge in [-0.3, -0.25) is 4.18 Å². The second-order valence-corrected chi connectivity index (χ2v) is 5.86. The largest absolute Gasteiger partial charge is 0.481 e. The summed E-state index contributed by atoms with van der Waals surface area (Å²) in [4.78, 5) is 4.42. The van der Waals surface area contributed by atoms with Crippen molar-refractivity contribution >= 4 is 15.7 Å². The maximum Gasteiger partial charge on any atom is 0.293 e. The fourth-order valence-electron chi connectivity index (χ4n) is 2.05. The van der Waals surface area contributed by atoms with Crippen LogP contribution in [0.2, 0.25) is 0 Å². The van der Waals surface area contributed by atoms with Crippen LogP contribution in [0.25, 0.3) is 5.57 Å². The number of hydrogen-bond donors (Lipinski definition) is 0. The maximum absolute atomic E-state index is 12.1. The van der Waals surface area contributed by atoms with E-state index in [1.165, 1.54) is 7.11 Å². The van der Waals surface area contributed by atoms with Crippen molar-refractivity contribution in [3.05, 3.63) is 41.0 Å². The third-order valence-electron chi connectivity index (χ3n) is 2.95. The molecule has 0 spiro atoms. The van der Waals surface area contributed by atoms with Crippen LogP contribution >= 0.6 is 0 Å². The second kappa shape index (κ2) is 6.19. The zero-order valence-electron chi connectivity index (χ0n) is 11.5. The zero-order chi connectivity index (χ0) is 14.6. The molecule has 6 heteroatoms. The van der Waals surface area contributed by atoms with Crippen molar-refractivity contribution in [2.75, 3.05) is 13.7 Å². The monoisotopic (exact) mass is 295 g/mol. The molecule has 5 nitrogen and oxygen atoms in total. The van der Waals surface area contributed by atoms with Crippen LogP contribution in [0.3, 0.4) is 0 Å². The molecule has 1 aliphatic rings. The lowest BCUT2D eigenvalue weighted by atomic mass is 10.0. The van der Waals surface area contributed by atoms with Gasteiger partial charge in [-0.15, -0.1) is 0 Å². The first kappa shape index (κ1) is 14.7. The maximum atomic E-state index is 12.1.